The van der Waals surface area contributed by atoms with E-state index in [0.717, 1.165) is 31.5 Å². The highest BCUT2D eigenvalue weighted by atomic mass is 16.3. The summed E-state index contributed by atoms with van der Waals surface area (Å²) in [5, 5.41) is 10.3. The van der Waals surface area contributed by atoms with E-state index in [0.29, 0.717) is 17.7 Å². The topological polar surface area (TPSA) is 49.5 Å². The minimum Gasteiger partial charge on any atom is -0.508 e. The molecule has 2 unspecified atom stereocenters. The number of nitrogens with zero attached hydrogens (tertiary/aromatic N) is 1. The van der Waals surface area contributed by atoms with Gasteiger partial charge in [0.05, 0.1) is 0 Å². The van der Waals surface area contributed by atoms with Crippen LogP contribution in [0, 0.1) is 5.92 Å². The van der Waals surface area contributed by atoms with E-state index in [2.05, 4.69) is 18.0 Å². The Labute approximate surface area is 109 Å². The number of nitrogens with two attached hydrogens (primary N) is 1. The molecule has 1 heterocycles. The standard InChI is InChI=1S/C15H22N2O/c1-17-9-10(8-16)5-14(17)13-6-11-3-2-4-12(11)7-15(13)18/h6-7,10,14,18H,2-5,8-9,16H2,1H3. The number of aryl methyl sites for hydroxylation is 2. The molecule has 3 rings (SSSR count). The average Bonchev–Trinajstić information content (AvgIpc) is 2.93. The van der Waals surface area contributed by atoms with Crippen molar-refractivity contribution in [3.63, 3.8) is 0 Å². The Bertz CT molecular complexity index is 458. The summed E-state index contributed by atoms with van der Waals surface area (Å²) in [6.07, 6.45) is 4.58. The average molecular weight is 246 g/mol. The Kier molecular flexibility index (Phi) is 3.04. The monoisotopic (exact) mass is 246 g/mol. The summed E-state index contributed by atoms with van der Waals surface area (Å²) in [6.45, 7) is 1.78. The molecule has 0 amide bonds. The van der Waals surface area contributed by atoms with Crippen LogP contribution in [0.2, 0.25) is 0 Å². The molecule has 98 valence electrons. The van der Waals surface area contributed by atoms with Crippen LogP contribution in [0.15, 0.2) is 12.1 Å². The first-order valence-corrected chi connectivity index (χ1v) is 6.94. The van der Waals surface area contributed by atoms with E-state index < -0.39 is 0 Å². The third kappa shape index (κ3) is 1.91. The van der Waals surface area contributed by atoms with Crippen molar-refractivity contribution in [3.8, 4) is 5.75 Å². The van der Waals surface area contributed by atoms with Gasteiger partial charge in [0.25, 0.3) is 0 Å². The quantitative estimate of drug-likeness (QED) is 0.837. The van der Waals surface area contributed by atoms with Crippen LogP contribution >= 0.6 is 0 Å². The zero-order chi connectivity index (χ0) is 12.7. The third-order valence-corrected chi connectivity index (χ3v) is 4.57. The van der Waals surface area contributed by atoms with Crippen molar-refractivity contribution in [3.05, 3.63) is 28.8 Å². The fourth-order valence-corrected chi connectivity index (χ4v) is 3.54. The highest BCUT2D eigenvalue weighted by molar-refractivity contribution is 5.45. The third-order valence-electron chi connectivity index (χ3n) is 4.57. The van der Waals surface area contributed by atoms with Gasteiger partial charge in [-0.05, 0) is 62.4 Å². The van der Waals surface area contributed by atoms with Crippen LogP contribution in [0.3, 0.4) is 0 Å². The molecule has 1 fully saturated rings. The van der Waals surface area contributed by atoms with Crippen LogP contribution < -0.4 is 5.73 Å². The Hall–Kier alpha value is -1.06. The number of benzene rings is 1. The van der Waals surface area contributed by atoms with Crippen LogP contribution in [0.1, 0.15) is 35.6 Å². The summed E-state index contributed by atoms with van der Waals surface area (Å²) in [4.78, 5) is 2.33. The molecule has 2 aliphatic rings. The molecule has 3 nitrogen and oxygen atoms in total. The highest BCUT2D eigenvalue weighted by Crippen LogP contribution is 2.40. The number of rotatable bonds is 2. The largest absolute Gasteiger partial charge is 0.508 e. The van der Waals surface area contributed by atoms with E-state index in [9.17, 15) is 5.11 Å². The number of phenolic OH excluding ortho intramolecular Hbond substituents is 1. The fraction of sp³-hybridized carbons (Fsp3) is 0.600. The molecule has 1 aliphatic carbocycles. The van der Waals surface area contributed by atoms with Gasteiger partial charge in [0, 0.05) is 18.2 Å². The molecule has 1 saturated heterocycles. The van der Waals surface area contributed by atoms with Crippen molar-refractivity contribution in [2.45, 2.75) is 31.7 Å². The lowest BCUT2D eigenvalue weighted by molar-refractivity contribution is 0.305. The molecular weight excluding hydrogens is 224 g/mol. The Morgan fingerprint density at radius 1 is 1.33 bits per heavy atom. The van der Waals surface area contributed by atoms with Crippen molar-refractivity contribution >= 4 is 0 Å². The van der Waals surface area contributed by atoms with Crippen LogP contribution in [0.4, 0.5) is 0 Å². The maximum atomic E-state index is 10.3. The van der Waals surface area contributed by atoms with Crippen molar-refractivity contribution in [2.75, 3.05) is 20.1 Å². The van der Waals surface area contributed by atoms with E-state index in [-0.39, 0.29) is 0 Å². The van der Waals surface area contributed by atoms with Crippen LogP contribution in [-0.4, -0.2) is 30.1 Å². The van der Waals surface area contributed by atoms with Gasteiger partial charge in [-0.2, -0.15) is 0 Å². The summed E-state index contributed by atoms with van der Waals surface area (Å²) >= 11 is 0. The smallest absolute Gasteiger partial charge is 0.120 e. The number of likely N-dealkylation sites (tertiary alicyclic amines) is 1. The summed E-state index contributed by atoms with van der Waals surface area (Å²) in [5.74, 6) is 1.04. The Balaban J connectivity index is 1.92. The molecule has 0 saturated carbocycles. The summed E-state index contributed by atoms with van der Waals surface area (Å²) in [6, 6.07) is 4.56. The zero-order valence-electron chi connectivity index (χ0n) is 11.0. The van der Waals surface area contributed by atoms with Gasteiger partial charge >= 0.3 is 0 Å². The van der Waals surface area contributed by atoms with E-state index in [1.807, 2.05) is 6.07 Å². The van der Waals surface area contributed by atoms with Gasteiger partial charge in [-0.1, -0.05) is 6.07 Å². The molecule has 1 aliphatic heterocycles. The number of fused-ring (bicyclic) bond motifs is 1. The van der Waals surface area contributed by atoms with Crippen molar-refractivity contribution in [1.29, 1.82) is 0 Å². The van der Waals surface area contributed by atoms with Gasteiger partial charge in [-0.15, -0.1) is 0 Å². The van der Waals surface area contributed by atoms with Crippen molar-refractivity contribution in [1.82, 2.24) is 4.90 Å². The van der Waals surface area contributed by atoms with Gasteiger partial charge in [0.2, 0.25) is 0 Å². The van der Waals surface area contributed by atoms with E-state index in [1.54, 1.807) is 0 Å². The van der Waals surface area contributed by atoms with Crippen LogP contribution in [0.5, 0.6) is 5.75 Å². The molecule has 0 bridgehead atoms. The lowest BCUT2D eigenvalue weighted by Gasteiger charge is -2.21. The number of hydrogen-bond acceptors (Lipinski definition) is 3. The number of hydrogen-bond donors (Lipinski definition) is 2. The second-order valence-corrected chi connectivity index (χ2v) is 5.83. The normalized spacial score (nSPS) is 27.7. The Morgan fingerprint density at radius 3 is 2.72 bits per heavy atom. The first-order chi connectivity index (χ1) is 8.69. The number of phenols is 1. The van der Waals surface area contributed by atoms with Gasteiger partial charge in [-0.25, -0.2) is 0 Å². The molecule has 18 heavy (non-hydrogen) atoms. The molecule has 3 N–H and O–H groups in total. The molecule has 1 aromatic carbocycles. The Morgan fingerprint density at radius 2 is 2.06 bits per heavy atom. The molecule has 2 atom stereocenters. The number of aromatic hydroxyl groups is 1. The van der Waals surface area contributed by atoms with E-state index in [4.69, 9.17) is 5.73 Å². The molecule has 1 aromatic rings. The summed E-state index contributed by atoms with van der Waals surface area (Å²) in [5.41, 5.74) is 9.66. The fourth-order valence-electron chi connectivity index (χ4n) is 3.54. The maximum absolute atomic E-state index is 10.3. The van der Waals surface area contributed by atoms with Crippen LogP contribution in [0.25, 0.3) is 0 Å². The maximum Gasteiger partial charge on any atom is 0.120 e. The van der Waals surface area contributed by atoms with Crippen molar-refractivity contribution in [2.24, 2.45) is 11.7 Å². The zero-order valence-corrected chi connectivity index (χ0v) is 11.0. The van der Waals surface area contributed by atoms with E-state index in [1.165, 1.54) is 24.0 Å². The van der Waals surface area contributed by atoms with E-state index >= 15 is 0 Å². The highest BCUT2D eigenvalue weighted by Gasteiger charge is 2.32. The molecule has 3 heteroatoms. The predicted octanol–water partition coefficient (Wildman–Crippen LogP) is 1.83. The summed E-state index contributed by atoms with van der Waals surface area (Å²) in [7, 11) is 2.13. The molecular formula is C15H22N2O. The second-order valence-electron chi connectivity index (χ2n) is 5.83. The van der Waals surface area contributed by atoms with Crippen LogP contribution in [-0.2, 0) is 12.8 Å². The SMILES string of the molecule is CN1CC(CN)CC1c1cc2c(cc1O)CCC2. The molecule has 0 spiro atoms. The minimum atomic E-state index is 0.337. The van der Waals surface area contributed by atoms with Gasteiger partial charge < -0.3 is 10.8 Å². The lowest BCUT2D eigenvalue weighted by Crippen LogP contribution is -2.20. The predicted molar refractivity (Wildman–Crippen MR) is 72.7 cm³/mol. The van der Waals surface area contributed by atoms with Gasteiger partial charge in [0.15, 0.2) is 0 Å². The minimum absolute atomic E-state index is 0.337. The first kappa shape index (κ1) is 12.0. The van der Waals surface area contributed by atoms with Crippen molar-refractivity contribution < 1.29 is 5.11 Å². The molecule has 0 radical (unpaired) electrons. The lowest BCUT2D eigenvalue weighted by atomic mass is 9.96. The summed E-state index contributed by atoms with van der Waals surface area (Å²) < 4.78 is 0. The molecule has 0 aromatic heterocycles. The first-order valence-electron chi connectivity index (χ1n) is 6.94. The van der Waals surface area contributed by atoms with Gasteiger partial charge in [0.1, 0.15) is 5.75 Å². The second kappa shape index (κ2) is 4.56. The van der Waals surface area contributed by atoms with Gasteiger partial charge in [-0.3, -0.25) is 4.90 Å².